The van der Waals surface area contributed by atoms with Crippen LogP contribution in [0.1, 0.15) is 58.8 Å². The van der Waals surface area contributed by atoms with Crippen LogP contribution in [0.15, 0.2) is 11.6 Å². The minimum Gasteiger partial charge on any atom is -0.458 e. The second kappa shape index (κ2) is 9.96. The van der Waals surface area contributed by atoms with Crippen LogP contribution in [-0.2, 0) is 19.0 Å². The van der Waals surface area contributed by atoms with E-state index in [0.29, 0.717) is 32.1 Å². The Labute approximate surface area is 233 Å². The number of aliphatic hydroxyl groups excluding tert-OH is 6. The van der Waals surface area contributed by atoms with Crippen molar-refractivity contribution in [3.05, 3.63) is 11.6 Å². The topological polar surface area (TPSA) is 186 Å². The van der Waals surface area contributed by atoms with Crippen LogP contribution >= 0.6 is 0 Å². The molecule has 11 heteroatoms. The number of hydrogen-bond acceptors (Lipinski definition) is 11. The van der Waals surface area contributed by atoms with Gasteiger partial charge in [0.2, 0.25) is 0 Å². The molecule has 0 radical (unpaired) electrons. The molecule has 1 unspecified atom stereocenters. The molecule has 226 valence electrons. The predicted octanol–water partition coefficient (Wildman–Crippen LogP) is -0.630. The van der Waals surface area contributed by atoms with E-state index in [1.165, 1.54) is 6.08 Å². The van der Waals surface area contributed by atoms with Crippen molar-refractivity contribution in [3.63, 3.8) is 0 Å². The molecule has 0 aromatic rings. The third kappa shape index (κ3) is 3.92. The highest BCUT2D eigenvalue weighted by Crippen LogP contribution is 2.70. The van der Waals surface area contributed by atoms with Gasteiger partial charge in [-0.15, -0.1) is 0 Å². The molecule has 7 N–H and O–H groups in total. The highest BCUT2D eigenvalue weighted by molar-refractivity contribution is 5.85. The van der Waals surface area contributed by atoms with Crippen molar-refractivity contribution in [2.75, 3.05) is 13.2 Å². The molecule has 4 aliphatic carbocycles. The molecule has 5 fully saturated rings. The Morgan fingerprint density at radius 3 is 2.48 bits per heavy atom. The largest absolute Gasteiger partial charge is 0.458 e. The van der Waals surface area contributed by atoms with E-state index in [1.54, 1.807) is 6.92 Å². The lowest BCUT2D eigenvalue weighted by Crippen LogP contribution is -2.70. The minimum absolute atomic E-state index is 0.102. The number of esters is 1. The van der Waals surface area contributed by atoms with Gasteiger partial charge >= 0.3 is 5.97 Å². The quantitative estimate of drug-likeness (QED) is 0.169. The Kier molecular flexibility index (Phi) is 7.20. The number of rotatable bonds is 4. The van der Waals surface area contributed by atoms with Crippen LogP contribution in [0.2, 0.25) is 0 Å². The normalized spacial score (nSPS) is 56.1. The average molecular weight is 569 g/mol. The molecule has 0 aromatic heterocycles. The van der Waals surface area contributed by atoms with Crippen LogP contribution in [0, 0.1) is 34.5 Å². The van der Waals surface area contributed by atoms with Crippen LogP contribution in [-0.4, -0.2) is 110 Å². The van der Waals surface area contributed by atoms with Gasteiger partial charge in [-0.2, -0.15) is 0 Å². The van der Waals surface area contributed by atoms with Crippen LogP contribution in [0.3, 0.4) is 0 Å². The standard InChI is InChI=1S/C29H44O11/c1-13-23(34)24(35)25(36)26(39-13)40-16-8-15-3-4-18-22(28(15,12-30)20(32)9-16)19(31)10-27(2)17(5-6-29(18,27)37)14-7-21(33)38-11-14/h7,13,15-20,22-26,30-32,34-37H,3-6,8-12H2,1-2H3/t13-,15+,16+,17+,18+,19+,20+,22+,23-,24+,25+,26-,27+,28+,29?/m0/s1. The van der Waals surface area contributed by atoms with Crippen molar-refractivity contribution in [1.29, 1.82) is 0 Å². The Morgan fingerprint density at radius 1 is 1.05 bits per heavy atom. The first kappa shape index (κ1) is 28.9. The zero-order valence-electron chi connectivity index (χ0n) is 23.1. The number of carbonyl (C=O) groups is 1. The average Bonchev–Trinajstić information content (AvgIpc) is 3.45. The fourth-order valence-corrected chi connectivity index (χ4v) is 10.1. The molecular formula is C29H44O11. The van der Waals surface area contributed by atoms with E-state index >= 15 is 0 Å². The lowest BCUT2D eigenvalue weighted by Gasteiger charge is -2.66. The summed E-state index contributed by atoms with van der Waals surface area (Å²) >= 11 is 0. The van der Waals surface area contributed by atoms with Gasteiger partial charge < -0.3 is 50.0 Å². The molecule has 0 amide bonds. The zero-order chi connectivity index (χ0) is 28.8. The van der Waals surface area contributed by atoms with Gasteiger partial charge in [0.05, 0.1) is 36.6 Å². The molecule has 11 nitrogen and oxygen atoms in total. The van der Waals surface area contributed by atoms with Gasteiger partial charge in [-0.25, -0.2) is 4.79 Å². The maximum absolute atomic E-state index is 12.4. The van der Waals surface area contributed by atoms with E-state index in [9.17, 15) is 40.5 Å². The summed E-state index contributed by atoms with van der Waals surface area (Å²) < 4.78 is 16.8. The van der Waals surface area contributed by atoms with E-state index in [-0.39, 0.29) is 49.8 Å². The van der Waals surface area contributed by atoms with Gasteiger partial charge in [0.25, 0.3) is 0 Å². The summed E-state index contributed by atoms with van der Waals surface area (Å²) in [5.41, 5.74) is -2.01. The van der Waals surface area contributed by atoms with Crippen molar-refractivity contribution in [1.82, 2.24) is 0 Å². The maximum Gasteiger partial charge on any atom is 0.331 e. The summed E-state index contributed by atoms with van der Waals surface area (Å²) in [5.74, 6) is -1.58. The summed E-state index contributed by atoms with van der Waals surface area (Å²) in [4.78, 5) is 11.8. The number of hydrogen-bond donors (Lipinski definition) is 7. The molecule has 6 aliphatic rings. The molecule has 15 atom stereocenters. The van der Waals surface area contributed by atoms with Crippen LogP contribution in [0.4, 0.5) is 0 Å². The first-order valence-electron chi connectivity index (χ1n) is 14.8. The van der Waals surface area contributed by atoms with Gasteiger partial charge in [0, 0.05) is 29.2 Å². The first-order valence-corrected chi connectivity index (χ1v) is 14.8. The second-order valence-electron chi connectivity index (χ2n) is 13.6. The molecule has 2 heterocycles. The zero-order valence-corrected chi connectivity index (χ0v) is 23.1. The Bertz CT molecular complexity index is 1040. The lowest BCUT2D eigenvalue weighted by molar-refractivity contribution is -0.320. The molecule has 40 heavy (non-hydrogen) atoms. The number of cyclic esters (lactones) is 1. The second-order valence-corrected chi connectivity index (χ2v) is 13.6. The predicted molar refractivity (Wildman–Crippen MR) is 137 cm³/mol. The van der Waals surface area contributed by atoms with Gasteiger partial charge in [-0.05, 0) is 68.8 Å². The highest BCUT2D eigenvalue weighted by atomic mass is 16.7. The summed E-state index contributed by atoms with van der Waals surface area (Å²) in [6.45, 7) is 3.43. The Hall–Kier alpha value is -1.15. The van der Waals surface area contributed by atoms with Gasteiger partial charge in [0.1, 0.15) is 24.9 Å². The van der Waals surface area contributed by atoms with Crippen molar-refractivity contribution in [2.45, 2.75) is 113 Å². The number of carbonyl (C=O) groups excluding carboxylic acids is 1. The van der Waals surface area contributed by atoms with Crippen molar-refractivity contribution >= 4 is 5.97 Å². The monoisotopic (exact) mass is 568 g/mol. The summed E-state index contributed by atoms with van der Waals surface area (Å²) in [6.07, 6.45) is -3.79. The van der Waals surface area contributed by atoms with E-state index in [2.05, 4.69) is 0 Å². The SMILES string of the molecule is C[C@@H]1O[C@@H](O[C@@H]2C[C@H]3CC[C@@H]4[C@H]([C@H](O)C[C@]5(C)[C@@H](C6=CC(=O)OC6)CCC45O)[C@@]3(CO)[C@H](O)C2)[C@H](O)[C@H](O)[C@H]1O. The number of fused-ring (bicyclic) bond motifs is 5. The van der Waals surface area contributed by atoms with E-state index in [0.717, 1.165) is 5.57 Å². The molecular weight excluding hydrogens is 524 g/mol. The number of ether oxygens (including phenoxy) is 3. The molecule has 4 saturated carbocycles. The Balaban J connectivity index is 1.25. The van der Waals surface area contributed by atoms with E-state index in [1.807, 2.05) is 6.92 Å². The maximum atomic E-state index is 12.4. The van der Waals surface area contributed by atoms with Gasteiger partial charge in [-0.1, -0.05) is 6.92 Å². The minimum atomic E-state index is -1.46. The van der Waals surface area contributed by atoms with E-state index in [4.69, 9.17) is 14.2 Å². The van der Waals surface area contributed by atoms with Crippen molar-refractivity contribution < 1.29 is 54.8 Å². The summed E-state index contributed by atoms with van der Waals surface area (Å²) in [6, 6.07) is 0. The van der Waals surface area contributed by atoms with Crippen molar-refractivity contribution in [2.24, 2.45) is 34.5 Å². The third-order valence-corrected chi connectivity index (χ3v) is 12.1. The molecule has 1 saturated heterocycles. The van der Waals surface area contributed by atoms with E-state index < -0.39 is 71.4 Å². The van der Waals surface area contributed by atoms with Gasteiger partial charge in [-0.3, -0.25) is 0 Å². The molecule has 2 aliphatic heterocycles. The first-order chi connectivity index (χ1) is 18.9. The lowest BCUT2D eigenvalue weighted by atomic mass is 9.41. The van der Waals surface area contributed by atoms with Crippen LogP contribution in [0.5, 0.6) is 0 Å². The molecule has 0 aromatic carbocycles. The summed E-state index contributed by atoms with van der Waals surface area (Å²) in [5, 5.41) is 77.4. The fraction of sp³-hybridized carbons (Fsp3) is 0.897. The van der Waals surface area contributed by atoms with Crippen LogP contribution < -0.4 is 0 Å². The summed E-state index contributed by atoms with van der Waals surface area (Å²) in [7, 11) is 0. The van der Waals surface area contributed by atoms with Crippen LogP contribution in [0.25, 0.3) is 0 Å². The van der Waals surface area contributed by atoms with Gasteiger partial charge in [0.15, 0.2) is 6.29 Å². The number of aliphatic hydroxyl groups is 7. The molecule has 0 spiro atoms. The fourth-order valence-electron chi connectivity index (χ4n) is 10.1. The molecule has 0 bridgehead atoms. The molecule has 6 rings (SSSR count). The Morgan fingerprint density at radius 2 is 1.80 bits per heavy atom. The highest BCUT2D eigenvalue weighted by Gasteiger charge is 2.72. The van der Waals surface area contributed by atoms with Crippen molar-refractivity contribution in [3.8, 4) is 0 Å². The smallest absolute Gasteiger partial charge is 0.331 e. The third-order valence-electron chi connectivity index (χ3n) is 12.1.